The second-order valence-corrected chi connectivity index (χ2v) is 5.94. The third-order valence-corrected chi connectivity index (χ3v) is 4.34. The van der Waals surface area contributed by atoms with Crippen molar-refractivity contribution < 1.29 is 9.84 Å². The maximum Gasteiger partial charge on any atom is 0.176 e. The smallest absolute Gasteiger partial charge is 0.176 e. The van der Waals surface area contributed by atoms with Crippen molar-refractivity contribution in [3.63, 3.8) is 0 Å². The zero-order valence-electron chi connectivity index (χ0n) is 14.1. The second-order valence-electron chi connectivity index (χ2n) is 5.94. The molecule has 124 valence electrons. The van der Waals surface area contributed by atoms with Crippen molar-refractivity contribution in [2.24, 2.45) is 0 Å². The van der Waals surface area contributed by atoms with Crippen LogP contribution in [0.1, 0.15) is 22.3 Å². The van der Waals surface area contributed by atoms with Gasteiger partial charge in [-0.2, -0.15) is 0 Å². The van der Waals surface area contributed by atoms with Gasteiger partial charge in [-0.3, -0.25) is 0 Å². The van der Waals surface area contributed by atoms with E-state index in [0.717, 1.165) is 12.2 Å². The Balaban J connectivity index is 1.86. The SMILES string of the molecule is C#CC(O)(c1ccc(Cc2ccccc2)cc1)c1ccc(OC)cc1. The Morgan fingerprint density at radius 2 is 1.36 bits per heavy atom. The Hall–Kier alpha value is -3.02. The van der Waals surface area contributed by atoms with Gasteiger partial charge in [0.1, 0.15) is 5.75 Å². The van der Waals surface area contributed by atoms with Crippen molar-refractivity contribution >= 4 is 0 Å². The summed E-state index contributed by atoms with van der Waals surface area (Å²) in [5.41, 5.74) is 2.28. The van der Waals surface area contributed by atoms with E-state index in [1.165, 1.54) is 11.1 Å². The minimum absolute atomic E-state index is 0.645. The zero-order valence-corrected chi connectivity index (χ0v) is 14.1. The molecule has 0 aliphatic carbocycles. The number of hydrogen-bond donors (Lipinski definition) is 1. The van der Waals surface area contributed by atoms with Gasteiger partial charge in [0.15, 0.2) is 5.60 Å². The summed E-state index contributed by atoms with van der Waals surface area (Å²) in [6.07, 6.45) is 6.52. The fourth-order valence-corrected chi connectivity index (χ4v) is 2.86. The topological polar surface area (TPSA) is 29.5 Å². The predicted molar refractivity (Wildman–Crippen MR) is 101 cm³/mol. The maximum atomic E-state index is 11.0. The molecule has 0 saturated heterocycles. The summed E-state index contributed by atoms with van der Waals surface area (Å²) in [5.74, 6) is 3.26. The van der Waals surface area contributed by atoms with Gasteiger partial charge in [-0.25, -0.2) is 0 Å². The average molecular weight is 328 g/mol. The van der Waals surface area contributed by atoms with Crippen LogP contribution in [0.3, 0.4) is 0 Å². The van der Waals surface area contributed by atoms with E-state index in [2.05, 4.69) is 18.1 Å². The van der Waals surface area contributed by atoms with Gasteiger partial charge < -0.3 is 9.84 Å². The lowest BCUT2D eigenvalue weighted by Gasteiger charge is -2.24. The molecule has 0 fully saturated rings. The molecule has 2 heteroatoms. The van der Waals surface area contributed by atoms with Crippen LogP contribution in [0.2, 0.25) is 0 Å². The number of aliphatic hydroxyl groups is 1. The number of rotatable bonds is 5. The molecule has 0 spiro atoms. The molecule has 0 amide bonds. The molecule has 0 heterocycles. The zero-order chi connectivity index (χ0) is 17.7. The van der Waals surface area contributed by atoms with Crippen LogP contribution in [0.25, 0.3) is 0 Å². The fourth-order valence-electron chi connectivity index (χ4n) is 2.86. The predicted octanol–water partition coefficient (Wildman–Crippen LogP) is 4.16. The molecular weight excluding hydrogens is 308 g/mol. The number of terminal acetylenes is 1. The molecule has 0 bridgehead atoms. The lowest BCUT2D eigenvalue weighted by molar-refractivity contribution is 0.145. The first-order chi connectivity index (χ1) is 12.2. The van der Waals surface area contributed by atoms with E-state index < -0.39 is 5.60 Å². The molecule has 3 aromatic carbocycles. The summed E-state index contributed by atoms with van der Waals surface area (Å²) in [7, 11) is 1.61. The first-order valence-corrected chi connectivity index (χ1v) is 8.14. The third-order valence-electron chi connectivity index (χ3n) is 4.34. The molecular formula is C23H20O2. The Morgan fingerprint density at radius 1 is 0.840 bits per heavy atom. The summed E-state index contributed by atoms with van der Waals surface area (Å²) in [4.78, 5) is 0. The van der Waals surface area contributed by atoms with Crippen LogP contribution in [0.4, 0.5) is 0 Å². The van der Waals surface area contributed by atoms with Crippen LogP contribution >= 0.6 is 0 Å². The van der Waals surface area contributed by atoms with E-state index >= 15 is 0 Å². The second kappa shape index (κ2) is 7.25. The quantitative estimate of drug-likeness (QED) is 0.713. The molecule has 0 aliphatic heterocycles. The van der Waals surface area contributed by atoms with Gasteiger partial charge in [-0.05, 0) is 29.7 Å². The van der Waals surface area contributed by atoms with E-state index in [9.17, 15) is 5.11 Å². The van der Waals surface area contributed by atoms with Gasteiger partial charge in [0, 0.05) is 11.1 Å². The number of hydrogen-bond acceptors (Lipinski definition) is 2. The summed E-state index contributed by atoms with van der Waals surface area (Å²) < 4.78 is 5.16. The summed E-state index contributed by atoms with van der Waals surface area (Å²) in [5, 5.41) is 11.0. The average Bonchev–Trinajstić information content (AvgIpc) is 2.69. The first-order valence-electron chi connectivity index (χ1n) is 8.14. The monoisotopic (exact) mass is 328 g/mol. The molecule has 3 rings (SSSR count). The summed E-state index contributed by atoms with van der Waals surface area (Å²) in [6, 6.07) is 25.2. The van der Waals surface area contributed by atoms with E-state index in [0.29, 0.717) is 11.1 Å². The molecule has 0 saturated carbocycles. The lowest BCUT2D eigenvalue weighted by Crippen LogP contribution is -2.25. The number of methoxy groups -OCH3 is 1. The van der Waals surface area contributed by atoms with Gasteiger partial charge in [0.05, 0.1) is 7.11 Å². The lowest BCUT2D eigenvalue weighted by atomic mass is 9.86. The highest BCUT2D eigenvalue weighted by Gasteiger charge is 2.29. The van der Waals surface area contributed by atoms with Gasteiger partial charge in [-0.1, -0.05) is 72.7 Å². The first kappa shape index (κ1) is 16.8. The molecule has 0 radical (unpaired) electrons. The van der Waals surface area contributed by atoms with Crippen LogP contribution in [-0.2, 0) is 12.0 Å². The van der Waals surface area contributed by atoms with Crippen LogP contribution in [0.5, 0.6) is 5.75 Å². The molecule has 1 atom stereocenters. The Labute approximate surface area is 148 Å². The Kier molecular flexibility index (Phi) is 4.88. The van der Waals surface area contributed by atoms with E-state index in [1.54, 1.807) is 31.4 Å². The molecule has 0 aromatic heterocycles. The van der Waals surface area contributed by atoms with Gasteiger partial charge in [0.2, 0.25) is 0 Å². The van der Waals surface area contributed by atoms with Crippen molar-refractivity contribution in [2.75, 3.05) is 7.11 Å². The van der Waals surface area contributed by atoms with Crippen molar-refractivity contribution in [1.82, 2.24) is 0 Å². The van der Waals surface area contributed by atoms with E-state index in [-0.39, 0.29) is 0 Å². The van der Waals surface area contributed by atoms with Crippen molar-refractivity contribution in [2.45, 2.75) is 12.0 Å². The maximum absolute atomic E-state index is 11.0. The largest absolute Gasteiger partial charge is 0.497 e. The van der Waals surface area contributed by atoms with Crippen LogP contribution < -0.4 is 4.74 Å². The number of ether oxygens (including phenoxy) is 1. The van der Waals surface area contributed by atoms with Crippen LogP contribution in [-0.4, -0.2) is 12.2 Å². The normalized spacial score (nSPS) is 12.8. The van der Waals surface area contributed by atoms with Crippen molar-refractivity contribution in [3.8, 4) is 18.1 Å². The third kappa shape index (κ3) is 3.57. The van der Waals surface area contributed by atoms with Crippen LogP contribution in [0.15, 0.2) is 78.9 Å². The molecule has 0 aliphatic rings. The highest BCUT2D eigenvalue weighted by Crippen LogP contribution is 2.30. The van der Waals surface area contributed by atoms with Gasteiger partial charge >= 0.3 is 0 Å². The Morgan fingerprint density at radius 3 is 1.88 bits per heavy atom. The van der Waals surface area contributed by atoms with Gasteiger partial charge in [0.25, 0.3) is 0 Å². The van der Waals surface area contributed by atoms with Crippen molar-refractivity contribution in [3.05, 3.63) is 101 Å². The molecule has 25 heavy (non-hydrogen) atoms. The highest BCUT2D eigenvalue weighted by atomic mass is 16.5. The molecule has 1 N–H and O–H groups in total. The summed E-state index contributed by atoms with van der Waals surface area (Å²) >= 11 is 0. The fraction of sp³-hybridized carbons (Fsp3) is 0.130. The van der Waals surface area contributed by atoms with E-state index in [4.69, 9.17) is 11.2 Å². The minimum atomic E-state index is -1.46. The number of benzene rings is 3. The highest BCUT2D eigenvalue weighted by molar-refractivity contribution is 5.46. The Bertz CT molecular complexity index is 859. The standard InChI is InChI=1S/C23H20O2/c1-3-23(24,21-13-15-22(25-2)16-14-21)20-11-9-19(10-12-20)17-18-7-5-4-6-8-18/h1,4-16,24H,17H2,2H3. The summed E-state index contributed by atoms with van der Waals surface area (Å²) in [6.45, 7) is 0. The van der Waals surface area contributed by atoms with Gasteiger partial charge in [-0.15, -0.1) is 6.42 Å². The molecule has 2 nitrogen and oxygen atoms in total. The van der Waals surface area contributed by atoms with Crippen LogP contribution in [0, 0.1) is 12.3 Å². The molecule has 1 unspecified atom stereocenters. The van der Waals surface area contributed by atoms with Crippen molar-refractivity contribution in [1.29, 1.82) is 0 Å². The minimum Gasteiger partial charge on any atom is -0.497 e. The molecule has 3 aromatic rings. The van der Waals surface area contributed by atoms with E-state index in [1.807, 2.05) is 42.5 Å².